The molecule has 3 rings (SSSR count). The largest absolute Gasteiger partial charge is 0.493 e. The molecule has 1 atom stereocenters. The van der Waals surface area contributed by atoms with Crippen LogP contribution >= 0.6 is 0 Å². The Bertz CT molecular complexity index is 826. The van der Waals surface area contributed by atoms with Crippen LogP contribution in [0.25, 0.3) is 0 Å². The minimum absolute atomic E-state index is 0.0625. The minimum atomic E-state index is -4.40. The molecule has 158 valence electrons. The van der Waals surface area contributed by atoms with Crippen LogP contribution in [0.4, 0.5) is 13.2 Å². The van der Waals surface area contributed by atoms with E-state index in [1.165, 1.54) is 13.2 Å². The average Bonchev–Trinajstić information content (AvgIpc) is 2.72. The normalized spacial score (nSPS) is 14.4. The lowest BCUT2D eigenvalue weighted by Gasteiger charge is -2.22. The fourth-order valence-corrected chi connectivity index (χ4v) is 3.12. The van der Waals surface area contributed by atoms with E-state index in [-0.39, 0.29) is 17.5 Å². The topological polar surface area (TPSA) is 49.0 Å². The maximum atomic E-state index is 12.4. The van der Waals surface area contributed by atoms with E-state index in [1.807, 2.05) is 18.2 Å². The third-order valence-electron chi connectivity index (χ3n) is 4.55. The highest BCUT2D eigenvalue weighted by Gasteiger charge is 2.29. The van der Waals surface area contributed by atoms with Crippen molar-refractivity contribution in [1.82, 2.24) is 5.32 Å². The van der Waals surface area contributed by atoms with Crippen molar-refractivity contribution < 1.29 is 32.1 Å². The molecule has 29 heavy (non-hydrogen) atoms. The van der Waals surface area contributed by atoms with Gasteiger partial charge < -0.3 is 24.3 Å². The Kier molecular flexibility index (Phi) is 6.74. The van der Waals surface area contributed by atoms with Crippen LogP contribution < -0.4 is 24.3 Å². The van der Waals surface area contributed by atoms with E-state index in [4.69, 9.17) is 18.9 Å². The number of nitrogens with one attached hydrogen (secondary N) is 1. The summed E-state index contributed by atoms with van der Waals surface area (Å²) in [5.74, 6) is 1.81. The zero-order valence-electron chi connectivity index (χ0n) is 16.3. The van der Waals surface area contributed by atoms with Crippen LogP contribution in [0.2, 0.25) is 0 Å². The van der Waals surface area contributed by atoms with Crippen molar-refractivity contribution in [2.24, 2.45) is 0 Å². The number of hydrogen-bond acceptors (Lipinski definition) is 5. The molecule has 0 spiro atoms. The van der Waals surface area contributed by atoms with Gasteiger partial charge in [0.05, 0.1) is 7.11 Å². The third kappa shape index (κ3) is 5.69. The van der Waals surface area contributed by atoms with Gasteiger partial charge in [0.1, 0.15) is 13.2 Å². The van der Waals surface area contributed by atoms with Gasteiger partial charge in [-0.1, -0.05) is 19.1 Å². The van der Waals surface area contributed by atoms with Gasteiger partial charge in [-0.15, -0.1) is 0 Å². The number of halogens is 3. The summed E-state index contributed by atoms with van der Waals surface area (Å²) in [5.41, 5.74) is 1.95. The van der Waals surface area contributed by atoms with E-state index in [0.29, 0.717) is 19.8 Å². The van der Waals surface area contributed by atoms with E-state index in [9.17, 15) is 13.2 Å². The quantitative estimate of drug-likeness (QED) is 0.685. The SMILES string of the molecule is CCC(NCc1ccc(OCC(F)(F)F)c(OC)c1)c1ccc2c(c1)OCCO2. The molecule has 1 heterocycles. The number of methoxy groups -OCH3 is 1. The van der Waals surface area contributed by atoms with Crippen molar-refractivity contribution in [3.05, 3.63) is 47.5 Å². The summed E-state index contributed by atoms with van der Waals surface area (Å²) >= 11 is 0. The molecule has 1 aliphatic heterocycles. The van der Waals surface area contributed by atoms with Crippen molar-refractivity contribution in [2.75, 3.05) is 26.9 Å². The van der Waals surface area contributed by atoms with Crippen LogP contribution in [0.3, 0.4) is 0 Å². The first kappa shape index (κ1) is 21.1. The van der Waals surface area contributed by atoms with E-state index in [2.05, 4.69) is 12.2 Å². The van der Waals surface area contributed by atoms with Gasteiger partial charge in [-0.3, -0.25) is 0 Å². The Balaban J connectivity index is 1.66. The number of alkyl halides is 3. The fourth-order valence-electron chi connectivity index (χ4n) is 3.12. The number of rotatable bonds is 8. The van der Waals surface area contributed by atoms with E-state index >= 15 is 0 Å². The van der Waals surface area contributed by atoms with Crippen LogP contribution in [0.15, 0.2) is 36.4 Å². The predicted molar refractivity (Wildman–Crippen MR) is 102 cm³/mol. The van der Waals surface area contributed by atoms with Crippen molar-refractivity contribution in [3.8, 4) is 23.0 Å². The summed E-state index contributed by atoms with van der Waals surface area (Å²) < 4.78 is 58.3. The molecular formula is C21H24F3NO4. The summed E-state index contributed by atoms with van der Waals surface area (Å²) in [7, 11) is 1.40. The third-order valence-corrected chi connectivity index (χ3v) is 4.55. The molecular weight excluding hydrogens is 387 g/mol. The Labute approximate surface area is 167 Å². The maximum absolute atomic E-state index is 12.4. The lowest BCUT2D eigenvalue weighted by Crippen LogP contribution is -2.21. The molecule has 0 fully saturated rings. The van der Waals surface area contributed by atoms with Gasteiger partial charge in [-0.25, -0.2) is 0 Å². The predicted octanol–water partition coefficient (Wildman–Crippen LogP) is 4.65. The highest BCUT2D eigenvalue weighted by Crippen LogP contribution is 2.34. The van der Waals surface area contributed by atoms with Crippen molar-refractivity contribution >= 4 is 0 Å². The molecule has 1 unspecified atom stereocenters. The first-order valence-electron chi connectivity index (χ1n) is 9.39. The first-order chi connectivity index (χ1) is 13.9. The summed E-state index contributed by atoms with van der Waals surface area (Å²) in [6, 6.07) is 10.9. The Morgan fingerprint density at radius 2 is 1.79 bits per heavy atom. The van der Waals surface area contributed by atoms with Crippen molar-refractivity contribution in [3.63, 3.8) is 0 Å². The number of hydrogen-bond donors (Lipinski definition) is 1. The molecule has 0 saturated carbocycles. The van der Waals surface area contributed by atoms with E-state index in [0.717, 1.165) is 29.0 Å². The minimum Gasteiger partial charge on any atom is -0.493 e. The number of ether oxygens (including phenoxy) is 4. The smallest absolute Gasteiger partial charge is 0.422 e. The summed E-state index contributed by atoms with van der Waals surface area (Å²) in [4.78, 5) is 0. The van der Waals surface area contributed by atoms with Crippen LogP contribution in [-0.2, 0) is 6.54 Å². The van der Waals surface area contributed by atoms with Crippen LogP contribution in [0.1, 0.15) is 30.5 Å². The molecule has 0 aliphatic carbocycles. The maximum Gasteiger partial charge on any atom is 0.422 e. The second-order valence-corrected chi connectivity index (χ2v) is 6.63. The van der Waals surface area contributed by atoms with Crippen LogP contribution in [0, 0.1) is 0 Å². The lowest BCUT2D eigenvalue weighted by atomic mass is 10.0. The van der Waals surface area contributed by atoms with Gasteiger partial charge in [-0.05, 0) is 41.8 Å². The second-order valence-electron chi connectivity index (χ2n) is 6.63. The first-order valence-corrected chi connectivity index (χ1v) is 9.39. The molecule has 1 aliphatic rings. The Hall–Kier alpha value is -2.61. The molecule has 0 aromatic heterocycles. The summed E-state index contributed by atoms with van der Waals surface area (Å²) in [5, 5.41) is 3.46. The second kappa shape index (κ2) is 9.26. The summed E-state index contributed by atoms with van der Waals surface area (Å²) in [6.07, 6.45) is -3.55. The van der Waals surface area contributed by atoms with Gasteiger partial charge in [0.2, 0.25) is 0 Å². The number of benzene rings is 2. The molecule has 0 bridgehead atoms. The average molecular weight is 411 g/mol. The molecule has 0 amide bonds. The van der Waals surface area contributed by atoms with Gasteiger partial charge in [-0.2, -0.15) is 13.2 Å². The zero-order chi connectivity index (χ0) is 20.9. The fraction of sp³-hybridized carbons (Fsp3) is 0.429. The molecule has 2 aromatic rings. The van der Waals surface area contributed by atoms with E-state index < -0.39 is 12.8 Å². The molecule has 0 radical (unpaired) electrons. The molecule has 2 aromatic carbocycles. The van der Waals surface area contributed by atoms with Crippen LogP contribution in [0.5, 0.6) is 23.0 Å². The van der Waals surface area contributed by atoms with Crippen LogP contribution in [-0.4, -0.2) is 33.1 Å². The monoisotopic (exact) mass is 411 g/mol. The highest BCUT2D eigenvalue weighted by atomic mass is 19.4. The molecule has 0 saturated heterocycles. The Morgan fingerprint density at radius 1 is 1.03 bits per heavy atom. The lowest BCUT2D eigenvalue weighted by molar-refractivity contribution is -0.153. The van der Waals surface area contributed by atoms with Gasteiger partial charge in [0.15, 0.2) is 29.6 Å². The Morgan fingerprint density at radius 3 is 2.48 bits per heavy atom. The molecule has 5 nitrogen and oxygen atoms in total. The van der Waals surface area contributed by atoms with E-state index in [1.54, 1.807) is 12.1 Å². The zero-order valence-corrected chi connectivity index (χ0v) is 16.3. The van der Waals surface area contributed by atoms with Crippen molar-refractivity contribution in [1.29, 1.82) is 0 Å². The van der Waals surface area contributed by atoms with Gasteiger partial charge in [0, 0.05) is 12.6 Å². The van der Waals surface area contributed by atoms with Gasteiger partial charge in [0.25, 0.3) is 0 Å². The highest BCUT2D eigenvalue weighted by molar-refractivity contribution is 5.45. The summed E-state index contributed by atoms with van der Waals surface area (Å²) in [6.45, 7) is 2.31. The van der Waals surface area contributed by atoms with Crippen molar-refractivity contribution in [2.45, 2.75) is 32.1 Å². The standard InChI is InChI=1S/C21H24F3NO4/c1-3-16(15-5-7-18-20(11-15)28-9-8-27-18)25-12-14-4-6-17(19(10-14)26-2)29-13-21(22,23)24/h4-7,10-11,16,25H,3,8-9,12-13H2,1-2H3. The molecule has 1 N–H and O–H groups in total. The molecule has 8 heteroatoms. The number of fused-ring (bicyclic) bond motifs is 1. The van der Waals surface area contributed by atoms with Gasteiger partial charge >= 0.3 is 6.18 Å².